The fourth-order valence-electron chi connectivity index (χ4n) is 2.44. The molecule has 1 unspecified atom stereocenters. The number of aromatic nitrogens is 2. The first-order valence-corrected chi connectivity index (χ1v) is 6.86. The van der Waals surface area contributed by atoms with Crippen LogP contribution in [0.5, 0.6) is 0 Å². The monoisotopic (exact) mass is 285 g/mol. The van der Waals surface area contributed by atoms with Crippen LogP contribution in [0.2, 0.25) is 0 Å². The molecule has 16 heavy (non-hydrogen) atoms. The Hall–Kier alpha value is -0.350. The number of hydrogen-bond acceptors (Lipinski definition) is 2. The van der Waals surface area contributed by atoms with E-state index in [4.69, 9.17) is 0 Å². The molecule has 0 bridgehead atoms. The molecule has 0 spiro atoms. The van der Waals surface area contributed by atoms with E-state index in [-0.39, 0.29) is 0 Å². The van der Waals surface area contributed by atoms with Crippen molar-refractivity contribution in [2.75, 3.05) is 13.1 Å². The molecule has 1 aliphatic heterocycles. The number of nitrogens with one attached hydrogen (secondary N) is 1. The van der Waals surface area contributed by atoms with E-state index in [0.29, 0.717) is 0 Å². The molecule has 2 rings (SSSR count). The van der Waals surface area contributed by atoms with Crippen molar-refractivity contribution in [3.63, 3.8) is 0 Å². The Morgan fingerprint density at radius 3 is 3.00 bits per heavy atom. The van der Waals surface area contributed by atoms with Crippen LogP contribution in [0.3, 0.4) is 0 Å². The number of rotatable bonds is 2. The highest BCUT2D eigenvalue weighted by molar-refractivity contribution is 9.10. The van der Waals surface area contributed by atoms with Crippen LogP contribution >= 0.6 is 15.9 Å². The van der Waals surface area contributed by atoms with Gasteiger partial charge in [-0.05, 0) is 61.1 Å². The maximum Gasteiger partial charge on any atom is 0.0738 e. The predicted molar refractivity (Wildman–Crippen MR) is 69.6 cm³/mol. The zero-order valence-corrected chi connectivity index (χ0v) is 11.7. The van der Waals surface area contributed by atoms with Crippen LogP contribution in [0.15, 0.2) is 4.47 Å². The summed E-state index contributed by atoms with van der Waals surface area (Å²) in [6, 6.07) is 0. The molecule has 1 aromatic rings. The van der Waals surface area contributed by atoms with Gasteiger partial charge in [-0.15, -0.1) is 0 Å². The van der Waals surface area contributed by atoms with E-state index in [1.807, 2.05) is 11.7 Å². The standard InChI is InChI=1S/C12H20BrN3/c1-9-12(13)11(16(2)15-9)7-10-5-3-4-6-14-8-10/h10,14H,3-8H2,1-2H3. The fraction of sp³-hybridized carbons (Fsp3) is 0.750. The van der Waals surface area contributed by atoms with Crippen LogP contribution in [0.25, 0.3) is 0 Å². The zero-order valence-electron chi connectivity index (χ0n) is 10.1. The lowest BCUT2D eigenvalue weighted by Gasteiger charge is -2.14. The van der Waals surface area contributed by atoms with Crippen molar-refractivity contribution >= 4 is 15.9 Å². The predicted octanol–water partition coefficient (Wildman–Crippen LogP) is 2.42. The second-order valence-electron chi connectivity index (χ2n) is 4.74. The topological polar surface area (TPSA) is 29.9 Å². The molecule has 1 atom stereocenters. The molecule has 0 aliphatic carbocycles. The second kappa shape index (κ2) is 5.32. The van der Waals surface area contributed by atoms with E-state index in [0.717, 1.165) is 24.6 Å². The summed E-state index contributed by atoms with van der Waals surface area (Å²) < 4.78 is 3.21. The highest BCUT2D eigenvalue weighted by atomic mass is 79.9. The highest BCUT2D eigenvalue weighted by Crippen LogP contribution is 2.25. The molecule has 0 amide bonds. The van der Waals surface area contributed by atoms with Gasteiger partial charge in [0.15, 0.2) is 0 Å². The zero-order chi connectivity index (χ0) is 11.5. The number of halogens is 1. The first-order chi connectivity index (χ1) is 7.68. The molecule has 2 heterocycles. The first kappa shape index (κ1) is 12.1. The summed E-state index contributed by atoms with van der Waals surface area (Å²) in [5.74, 6) is 0.758. The lowest BCUT2D eigenvalue weighted by atomic mass is 9.98. The van der Waals surface area contributed by atoms with Gasteiger partial charge in [-0.2, -0.15) is 5.10 Å². The van der Waals surface area contributed by atoms with Crippen LogP contribution in [0, 0.1) is 12.8 Å². The second-order valence-corrected chi connectivity index (χ2v) is 5.53. The molecule has 1 aliphatic rings. The van der Waals surface area contributed by atoms with Gasteiger partial charge >= 0.3 is 0 Å². The third-order valence-corrected chi connectivity index (χ3v) is 4.42. The summed E-state index contributed by atoms with van der Waals surface area (Å²) >= 11 is 3.64. The summed E-state index contributed by atoms with van der Waals surface area (Å²) in [7, 11) is 2.04. The third-order valence-electron chi connectivity index (χ3n) is 3.39. The van der Waals surface area contributed by atoms with Crippen LogP contribution in [0.4, 0.5) is 0 Å². The molecular formula is C12H20BrN3. The van der Waals surface area contributed by atoms with Crippen molar-refractivity contribution in [2.24, 2.45) is 13.0 Å². The summed E-state index contributed by atoms with van der Waals surface area (Å²) in [4.78, 5) is 0. The average molecular weight is 286 g/mol. The van der Waals surface area contributed by atoms with Crippen molar-refractivity contribution in [1.82, 2.24) is 15.1 Å². The molecule has 0 aromatic carbocycles. The summed E-state index contributed by atoms with van der Waals surface area (Å²) in [5.41, 5.74) is 2.44. The molecule has 4 heteroatoms. The summed E-state index contributed by atoms with van der Waals surface area (Å²) in [6.07, 6.45) is 5.14. The van der Waals surface area contributed by atoms with Gasteiger partial charge in [-0.1, -0.05) is 6.42 Å². The quantitative estimate of drug-likeness (QED) is 0.905. The Kier molecular flexibility index (Phi) is 4.03. The van der Waals surface area contributed by atoms with Crippen molar-refractivity contribution in [3.8, 4) is 0 Å². The van der Waals surface area contributed by atoms with Crippen LogP contribution < -0.4 is 5.32 Å². The van der Waals surface area contributed by atoms with Crippen molar-refractivity contribution in [1.29, 1.82) is 0 Å². The van der Waals surface area contributed by atoms with E-state index < -0.39 is 0 Å². The van der Waals surface area contributed by atoms with Gasteiger partial charge in [-0.3, -0.25) is 4.68 Å². The molecule has 1 saturated heterocycles. The van der Waals surface area contributed by atoms with Crippen LogP contribution in [0.1, 0.15) is 30.7 Å². The Labute approximate surface area is 106 Å². The number of nitrogens with zero attached hydrogens (tertiary/aromatic N) is 2. The Balaban J connectivity index is 2.07. The number of hydrogen-bond donors (Lipinski definition) is 1. The maximum absolute atomic E-state index is 4.45. The normalized spacial score (nSPS) is 22.1. The van der Waals surface area contributed by atoms with Crippen molar-refractivity contribution in [3.05, 3.63) is 15.9 Å². The molecule has 90 valence electrons. The minimum absolute atomic E-state index is 0.758. The largest absolute Gasteiger partial charge is 0.316 e. The first-order valence-electron chi connectivity index (χ1n) is 6.07. The molecule has 1 N–H and O–H groups in total. The lowest BCUT2D eigenvalue weighted by molar-refractivity contribution is 0.462. The Bertz CT molecular complexity index is 351. The molecule has 1 aromatic heterocycles. The van der Waals surface area contributed by atoms with E-state index in [1.54, 1.807) is 0 Å². The Morgan fingerprint density at radius 2 is 2.31 bits per heavy atom. The third kappa shape index (κ3) is 2.66. The Morgan fingerprint density at radius 1 is 1.50 bits per heavy atom. The van der Waals surface area contributed by atoms with Gasteiger partial charge < -0.3 is 5.32 Å². The van der Waals surface area contributed by atoms with E-state index >= 15 is 0 Å². The van der Waals surface area contributed by atoms with Gasteiger partial charge in [0.25, 0.3) is 0 Å². The van der Waals surface area contributed by atoms with Gasteiger partial charge in [0.05, 0.1) is 15.9 Å². The van der Waals surface area contributed by atoms with Gasteiger partial charge in [0.1, 0.15) is 0 Å². The van der Waals surface area contributed by atoms with Gasteiger partial charge in [-0.25, -0.2) is 0 Å². The smallest absolute Gasteiger partial charge is 0.0738 e. The van der Waals surface area contributed by atoms with E-state index in [1.165, 1.54) is 36.0 Å². The average Bonchev–Trinajstić information content (AvgIpc) is 2.51. The minimum Gasteiger partial charge on any atom is -0.316 e. The van der Waals surface area contributed by atoms with Crippen LogP contribution in [-0.4, -0.2) is 22.9 Å². The fourth-order valence-corrected chi connectivity index (χ4v) is 2.94. The highest BCUT2D eigenvalue weighted by Gasteiger charge is 2.17. The van der Waals surface area contributed by atoms with E-state index in [2.05, 4.69) is 33.3 Å². The maximum atomic E-state index is 4.45. The lowest BCUT2D eigenvalue weighted by Crippen LogP contribution is -2.22. The van der Waals surface area contributed by atoms with Crippen molar-refractivity contribution < 1.29 is 0 Å². The van der Waals surface area contributed by atoms with Crippen molar-refractivity contribution in [2.45, 2.75) is 32.6 Å². The molecule has 3 nitrogen and oxygen atoms in total. The van der Waals surface area contributed by atoms with Crippen LogP contribution in [-0.2, 0) is 13.5 Å². The molecule has 0 radical (unpaired) electrons. The van der Waals surface area contributed by atoms with E-state index in [9.17, 15) is 0 Å². The summed E-state index contributed by atoms with van der Waals surface area (Å²) in [6.45, 7) is 4.39. The SMILES string of the molecule is Cc1nn(C)c(CC2CCCCNC2)c1Br. The number of aryl methyl sites for hydroxylation is 2. The van der Waals surface area contributed by atoms with Gasteiger partial charge in [0.2, 0.25) is 0 Å². The minimum atomic E-state index is 0.758. The summed E-state index contributed by atoms with van der Waals surface area (Å²) in [5, 5.41) is 7.97. The molecule has 1 fully saturated rings. The van der Waals surface area contributed by atoms with Gasteiger partial charge in [0, 0.05) is 7.05 Å². The molecule has 0 saturated carbocycles. The molecular weight excluding hydrogens is 266 g/mol.